The van der Waals surface area contributed by atoms with E-state index in [1.165, 1.54) is 0 Å². The highest BCUT2D eigenvalue weighted by molar-refractivity contribution is 5.82. The van der Waals surface area contributed by atoms with Gasteiger partial charge in [-0.3, -0.25) is 9.89 Å². The van der Waals surface area contributed by atoms with Gasteiger partial charge in [-0.2, -0.15) is 5.10 Å². The molecule has 7 heteroatoms. The molecule has 4 N–H and O–H groups in total. The molecule has 0 aliphatic carbocycles. The van der Waals surface area contributed by atoms with Crippen LogP contribution in [0, 0.1) is 6.92 Å². The van der Waals surface area contributed by atoms with Crippen LogP contribution in [0.5, 0.6) is 5.75 Å². The summed E-state index contributed by atoms with van der Waals surface area (Å²) in [5.41, 5.74) is 3.08. The van der Waals surface area contributed by atoms with Gasteiger partial charge in [0.05, 0.1) is 24.9 Å². The van der Waals surface area contributed by atoms with Crippen LogP contribution in [0.3, 0.4) is 0 Å². The largest absolute Gasteiger partial charge is 0.492 e. The van der Waals surface area contributed by atoms with Crippen LogP contribution in [-0.4, -0.2) is 53.1 Å². The number of carbonyl (C=O) groups excluding carboxylic acids is 1. The summed E-state index contributed by atoms with van der Waals surface area (Å²) >= 11 is 0. The predicted molar refractivity (Wildman–Crippen MR) is 89.7 cm³/mol. The summed E-state index contributed by atoms with van der Waals surface area (Å²) in [6.45, 7) is 3.24. The van der Waals surface area contributed by atoms with Crippen LogP contribution in [0.25, 0.3) is 11.1 Å². The zero-order valence-electron chi connectivity index (χ0n) is 13.6. The van der Waals surface area contributed by atoms with Crippen molar-refractivity contribution >= 4 is 5.91 Å². The van der Waals surface area contributed by atoms with Crippen LogP contribution < -0.4 is 15.4 Å². The van der Waals surface area contributed by atoms with Gasteiger partial charge in [-0.05, 0) is 31.0 Å². The van der Waals surface area contributed by atoms with Crippen molar-refractivity contribution in [3.63, 3.8) is 0 Å². The van der Waals surface area contributed by atoms with Gasteiger partial charge in [0.15, 0.2) is 0 Å². The first-order chi connectivity index (χ1) is 11.6. The second-order valence-corrected chi connectivity index (χ2v) is 5.93. The Morgan fingerprint density at radius 1 is 1.50 bits per heavy atom. The molecular formula is C17H22N4O3. The van der Waals surface area contributed by atoms with E-state index in [1.54, 1.807) is 6.20 Å². The molecule has 128 valence electrons. The molecule has 0 spiro atoms. The summed E-state index contributed by atoms with van der Waals surface area (Å²) in [6, 6.07) is 7.46. The number of aromatic nitrogens is 2. The maximum atomic E-state index is 11.9. The van der Waals surface area contributed by atoms with Crippen molar-refractivity contribution < 1.29 is 14.6 Å². The van der Waals surface area contributed by atoms with Crippen LogP contribution in [0.2, 0.25) is 0 Å². The summed E-state index contributed by atoms with van der Waals surface area (Å²) in [4.78, 5) is 11.9. The van der Waals surface area contributed by atoms with Crippen LogP contribution in [-0.2, 0) is 4.79 Å². The molecule has 0 saturated carbocycles. The summed E-state index contributed by atoms with van der Waals surface area (Å²) in [6.07, 6.45) is 1.81. The first-order valence-corrected chi connectivity index (χ1v) is 8.06. The van der Waals surface area contributed by atoms with E-state index in [0.29, 0.717) is 26.1 Å². The highest BCUT2D eigenvalue weighted by Crippen LogP contribution is 2.25. The average molecular weight is 330 g/mol. The van der Waals surface area contributed by atoms with E-state index in [0.717, 1.165) is 22.6 Å². The molecule has 2 atom stereocenters. The lowest BCUT2D eigenvalue weighted by Gasteiger charge is -2.12. The number of aliphatic hydroxyl groups excluding tert-OH is 1. The number of amides is 1. The van der Waals surface area contributed by atoms with E-state index in [2.05, 4.69) is 20.8 Å². The van der Waals surface area contributed by atoms with Crippen molar-refractivity contribution in [3.8, 4) is 16.9 Å². The predicted octanol–water partition coefficient (Wildman–Crippen LogP) is 0.603. The lowest BCUT2D eigenvalue weighted by molar-refractivity contribution is -0.123. The molecule has 1 saturated heterocycles. The number of aliphatic hydroxyl groups is 1. The fourth-order valence-electron chi connectivity index (χ4n) is 2.78. The van der Waals surface area contributed by atoms with Gasteiger partial charge in [0.2, 0.25) is 5.91 Å². The highest BCUT2D eigenvalue weighted by Gasteiger charge is 2.27. The summed E-state index contributed by atoms with van der Waals surface area (Å²) < 4.78 is 5.70. The number of H-pyrrole nitrogens is 1. The number of nitrogens with zero attached hydrogens (tertiary/aromatic N) is 1. The monoisotopic (exact) mass is 330 g/mol. The molecule has 24 heavy (non-hydrogen) atoms. The quantitative estimate of drug-likeness (QED) is 0.582. The Morgan fingerprint density at radius 3 is 3.08 bits per heavy atom. The summed E-state index contributed by atoms with van der Waals surface area (Å²) in [5, 5.41) is 22.2. The Balaban J connectivity index is 1.47. The average Bonchev–Trinajstić information content (AvgIpc) is 3.20. The first kappa shape index (κ1) is 16.5. The van der Waals surface area contributed by atoms with Gasteiger partial charge >= 0.3 is 0 Å². The molecule has 1 aromatic heterocycles. The zero-order chi connectivity index (χ0) is 16.9. The van der Waals surface area contributed by atoms with Gasteiger partial charge in [-0.1, -0.05) is 12.1 Å². The van der Waals surface area contributed by atoms with Crippen molar-refractivity contribution in [1.82, 2.24) is 20.8 Å². The third kappa shape index (κ3) is 3.93. The molecule has 2 unspecified atom stereocenters. The van der Waals surface area contributed by atoms with Crippen molar-refractivity contribution in [2.45, 2.75) is 25.5 Å². The third-order valence-corrected chi connectivity index (χ3v) is 4.07. The molecule has 7 nitrogen and oxygen atoms in total. The molecule has 1 amide bonds. The molecule has 1 aromatic carbocycles. The molecule has 2 aromatic rings. The van der Waals surface area contributed by atoms with Crippen molar-refractivity contribution in [3.05, 3.63) is 36.2 Å². The number of ether oxygens (including phenoxy) is 1. The van der Waals surface area contributed by atoms with Crippen LogP contribution >= 0.6 is 0 Å². The van der Waals surface area contributed by atoms with Crippen LogP contribution in [0.1, 0.15) is 12.1 Å². The topological polar surface area (TPSA) is 99.3 Å². The maximum absolute atomic E-state index is 11.9. The fraction of sp³-hybridized carbons (Fsp3) is 0.412. The Labute approximate surface area is 140 Å². The third-order valence-electron chi connectivity index (χ3n) is 4.07. The van der Waals surface area contributed by atoms with E-state index in [4.69, 9.17) is 4.74 Å². The summed E-state index contributed by atoms with van der Waals surface area (Å²) in [5.74, 6) is 0.648. The van der Waals surface area contributed by atoms with Gasteiger partial charge in [-0.25, -0.2) is 0 Å². The van der Waals surface area contributed by atoms with Gasteiger partial charge < -0.3 is 20.5 Å². The summed E-state index contributed by atoms with van der Waals surface area (Å²) in [7, 11) is 0. The standard InChI is InChI=1S/C17H22N4O3/c1-11-15(10-20-21-11)12-3-2-4-14(7-12)24-6-5-18-17(23)16-8-13(22)9-19-16/h2-4,7,10,13,16,19,22H,5-6,8-9H2,1H3,(H,18,23)(H,20,21). The Kier molecular flexibility index (Phi) is 5.12. The first-order valence-electron chi connectivity index (χ1n) is 8.06. The Hall–Kier alpha value is -2.38. The number of aryl methyl sites for hydroxylation is 1. The van der Waals surface area contributed by atoms with E-state index in [-0.39, 0.29) is 11.9 Å². The molecule has 0 radical (unpaired) electrons. The Bertz CT molecular complexity index is 701. The maximum Gasteiger partial charge on any atom is 0.237 e. The minimum absolute atomic E-state index is 0.0991. The molecular weight excluding hydrogens is 308 g/mol. The van der Waals surface area contributed by atoms with E-state index < -0.39 is 6.10 Å². The molecule has 1 fully saturated rings. The zero-order valence-corrected chi connectivity index (χ0v) is 13.6. The number of hydrogen-bond acceptors (Lipinski definition) is 5. The van der Waals surface area contributed by atoms with Gasteiger partial charge in [0, 0.05) is 17.8 Å². The minimum atomic E-state index is -0.439. The lowest BCUT2D eigenvalue weighted by atomic mass is 10.1. The molecule has 1 aliphatic heterocycles. The van der Waals surface area contributed by atoms with Gasteiger partial charge in [-0.15, -0.1) is 0 Å². The van der Waals surface area contributed by atoms with Crippen LogP contribution in [0.15, 0.2) is 30.5 Å². The second kappa shape index (κ2) is 7.46. The van der Waals surface area contributed by atoms with Gasteiger partial charge in [0.25, 0.3) is 0 Å². The van der Waals surface area contributed by atoms with Gasteiger partial charge in [0.1, 0.15) is 12.4 Å². The fourth-order valence-corrected chi connectivity index (χ4v) is 2.78. The number of β-amino-alcohol motifs (C(OH)–C–C–N with tert-alkyl or cyclic N) is 1. The molecule has 1 aliphatic rings. The molecule has 2 heterocycles. The lowest BCUT2D eigenvalue weighted by Crippen LogP contribution is -2.41. The minimum Gasteiger partial charge on any atom is -0.492 e. The highest BCUT2D eigenvalue weighted by atomic mass is 16.5. The van der Waals surface area contributed by atoms with Crippen molar-refractivity contribution in [2.24, 2.45) is 0 Å². The smallest absolute Gasteiger partial charge is 0.237 e. The van der Waals surface area contributed by atoms with Crippen molar-refractivity contribution in [2.75, 3.05) is 19.7 Å². The number of rotatable bonds is 6. The normalized spacial score (nSPS) is 20.1. The van der Waals surface area contributed by atoms with E-state index >= 15 is 0 Å². The van der Waals surface area contributed by atoms with E-state index in [1.807, 2.05) is 31.2 Å². The molecule has 3 rings (SSSR count). The number of benzene rings is 1. The number of nitrogens with one attached hydrogen (secondary N) is 3. The second-order valence-electron chi connectivity index (χ2n) is 5.93. The molecule has 0 bridgehead atoms. The number of carbonyl (C=O) groups is 1. The van der Waals surface area contributed by atoms with Crippen molar-refractivity contribution in [1.29, 1.82) is 0 Å². The van der Waals surface area contributed by atoms with Crippen LogP contribution in [0.4, 0.5) is 0 Å². The number of aromatic amines is 1. The Morgan fingerprint density at radius 2 is 2.38 bits per heavy atom. The van der Waals surface area contributed by atoms with E-state index in [9.17, 15) is 9.90 Å². The number of hydrogen-bond donors (Lipinski definition) is 4. The SMILES string of the molecule is Cc1[nH]ncc1-c1cccc(OCCNC(=O)C2CC(O)CN2)c1.